The number of hydrogen-bond donors (Lipinski definition) is 1. The van der Waals surface area contributed by atoms with Crippen LogP contribution in [0.15, 0.2) is 0 Å². The highest BCUT2D eigenvalue weighted by molar-refractivity contribution is 4.97. The van der Waals surface area contributed by atoms with Gasteiger partial charge in [-0.25, -0.2) is 0 Å². The molecule has 3 rings (SSSR count). The van der Waals surface area contributed by atoms with Crippen molar-refractivity contribution in [3.05, 3.63) is 0 Å². The van der Waals surface area contributed by atoms with E-state index >= 15 is 0 Å². The summed E-state index contributed by atoms with van der Waals surface area (Å²) < 4.78 is 11.7. The van der Waals surface area contributed by atoms with Crippen molar-refractivity contribution in [3.63, 3.8) is 0 Å². The van der Waals surface area contributed by atoms with Crippen LogP contribution in [0.5, 0.6) is 0 Å². The molecule has 2 N–H and O–H groups in total. The van der Waals surface area contributed by atoms with Crippen LogP contribution < -0.4 is 5.73 Å². The lowest BCUT2D eigenvalue weighted by molar-refractivity contribution is -0.113. The van der Waals surface area contributed by atoms with E-state index in [1.165, 1.54) is 32.1 Å². The van der Waals surface area contributed by atoms with Crippen molar-refractivity contribution in [3.8, 4) is 0 Å². The van der Waals surface area contributed by atoms with E-state index < -0.39 is 0 Å². The summed E-state index contributed by atoms with van der Waals surface area (Å²) in [6.45, 7) is 7.38. The Morgan fingerprint density at radius 2 is 1.89 bits per heavy atom. The Morgan fingerprint density at radius 1 is 1.05 bits per heavy atom. The molecule has 19 heavy (non-hydrogen) atoms. The molecular formula is C16H29NO2. The lowest BCUT2D eigenvalue weighted by Crippen LogP contribution is -2.48. The average Bonchev–Trinajstić information content (AvgIpc) is 2.80. The lowest BCUT2D eigenvalue weighted by atomic mass is 9.63. The van der Waals surface area contributed by atoms with Crippen LogP contribution in [0.3, 0.4) is 0 Å². The predicted octanol–water partition coefficient (Wildman–Crippen LogP) is 2.73. The first-order valence-electron chi connectivity index (χ1n) is 7.97. The first-order valence-corrected chi connectivity index (χ1v) is 7.97. The fourth-order valence-electron chi connectivity index (χ4n) is 4.47. The third kappa shape index (κ3) is 2.84. The van der Waals surface area contributed by atoms with Gasteiger partial charge in [-0.15, -0.1) is 0 Å². The molecule has 0 radical (unpaired) electrons. The summed E-state index contributed by atoms with van der Waals surface area (Å²) >= 11 is 0. The standard InChI is InChI=1S/C16H29NO2/c1-15(2)5-3-14(17)13(10-15)12-4-7-19-16(9-12)6-8-18-11-16/h12-14H,3-11,17H2,1-2H3. The summed E-state index contributed by atoms with van der Waals surface area (Å²) in [7, 11) is 0. The van der Waals surface area contributed by atoms with Gasteiger partial charge >= 0.3 is 0 Å². The molecule has 0 bridgehead atoms. The molecule has 3 fully saturated rings. The molecule has 110 valence electrons. The molecule has 0 aromatic carbocycles. The molecule has 2 aliphatic heterocycles. The maximum atomic E-state index is 6.45. The van der Waals surface area contributed by atoms with Crippen LogP contribution in [-0.4, -0.2) is 31.5 Å². The average molecular weight is 267 g/mol. The topological polar surface area (TPSA) is 44.5 Å². The highest BCUT2D eigenvalue weighted by Gasteiger charge is 2.46. The molecule has 0 amide bonds. The summed E-state index contributed by atoms with van der Waals surface area (Å²) in [6, 6.07) is 0.399. The third-order valence-electron chi connectivity index (χ3n) is 5.70. The first kappa shape index (κ1) is 13.8. The molecule has 3 nitrogen and oxygen atoms in total. The summed E-state index contributed by atoms with van der Waals surface area (Å²) in [5.41, 5.74) is 6.95. The minimum absolute atomic E-state index is 0.0320. The van der Waals surface area contributed by atoms with E-state index in [0.29, 0.717) is 17.4 Å². The van der Waals surface area contributed by atoms with Gasteiger partial charge in [0.05, 0.1) is 12.2 Å². The van der Waals surface area contributed by atoms with E-state index in [4.69, 9.17) is 15.2 Å². The van der Waals surface area contributed by atoms with Crippen molar-refractivity contribution in [1.29, 1.82) is 0 Å². The number of rotatable bonds is 1. The summed E-state index contributed by atoms with van der Waals surface area (Å²) in [6.07, 6.45) is 7.20. The van der Waals surface area contributed by atoms with Crippen LogP contribution in [-0.2, 0) is 9.47 Å². The highest BCUT2D eigenvalue weighted by Crippen LogP contribution is 2.47. The van der Waals surface area contributed by atoms with Crippen LogP contribution >= 0.6 is 0 Å². The normalized spacial score (nSPS) is 46.6. The molecule has 4 atom stereocenters. The second-order valence-corrected chi connectivity index (χ2v) is 7.82. The summed E-state index contributed by atoms with van der Waals surface area (Å²) in [5.74, 6) is 1.43. The fourth-order valence-corrected chi connectivity index (χ4v) is 4.47. The zero-order valence-electron chi connectivity index (χ0n) is 12.5. The molecule has 1 spiro atoms. The molecule has 0 aromatic rings. The smallest absolute Gasteiger partial charge is 0.0939 e. The van der Waals surface area contributed by atoms with Crippen molar-refractivity contribution >= 4 is 0 Å². The SMILES string of the molecule is CC1(C)CCC(N)C(C2CCOC3(CCOC3)C2)C1. The maximum absolute atomic E-state index is 6.45. The minimum Gasteiger partial charge on any atom is -0.378 e. The van der Waals surface area contributed by atoms with Crippen LogP contribution in [0.1, 0.15) is 52.4 Å². The Bertz CT molecular complexity index is 323. The Hall–Kier alpha value is -0.120. The van der Waals surface area contributed by atoms with Crippen LogP contribution in [0.2, 0.25) is 0 Å². The van der Waals surface area contributed by atoms with E-state index in [9.17, 15) is 0 Å². The second kappa shape index (κ2) is 5.01. The van der Waals surface area contributed by atoms with E-state index in [-0.39, 0.29) is 5.60 Å². The van der Waals surface area contributed by atoms with Crippen molar-refractivity contribution in [2.45, 2.75) is 64.0 Å². The molecule has 3 heteroatoms. The molecule has 4 unspecified atom stereocenters. The van der Waals surface area contributed by atoms with Gasteiger partial charge in [-0.1, -0.05) is 13.8 Å². The van der Waals surface area contributed by atoms with Gasteiger partial charge in [0.15, 0.2) is 0 Å². The van der Waals surface area contributed by atoms with Crippen molar-refractivity contribution in [2.75, 3.05) is 19.8 Å². The van der Waals surface area contributed by atoms with Crippen LogP contribution in [0.25, 0.3) is 0 Å². The molecule has 2 saturated heterocycles. The highest BCUT2D eigenvalue weighted by atomic mass is 16.6. The second-order valence-electron chi connectivity index (χ2n) is 7.82. The van der Waals surface area contributed by atoms with Gasteiger partial charge in [-0.3, -0.25) is 0 Å². The minimum atomic E-state index is 0.0320. The molecular weight excluding hydrogens is 238 g/mol. The van der Waals surface area contributed by atoms with Gasteiger partial charge in [-0.05, 0) is 49.4 Å². The molecule has 3 aliphatic rings. The van der Waals surface area contributed by atoms with E-state index in [0.717, 1.165) is 32.2 Å². The van der Waals surface area contributed by atoms with Gasteiger partial charge in [0.25, 0.3) is 0 Å². The lowest BCUT2D eigenvalue weighted by Gasteiger charge is -2.47. The predicted molar refractivity (Wildman–Crippen MR) is 75.9 cm³/mol. The van der Waals surface area contributed by atoms with Crippen molar-refractivity contribution in [1.82, 2.24) is 0 Å². The molecule has 1 saturated carbocycles. The zero-order valence-corrected chi connectivity index (χ0v) is 12.5. The molecule has 1 aliphatic carbocycles. The Labute approximate surface area is 117 Å². The van der Waals surface area contributed by atoms with Crippen LogP contribution in [0, 0.1) is 17.3 Å². The number of ether oxygens (including phenoxy) is 2. The zero-order chi connectivity index (χ0) is 13.5. The van der Waals surface area contributed by atoms with Gasteiger partial charge in [0.2, 0.25) is 0 Å². The monoisotopic (exact) mass is 267 g/mol. The number of hydrogen-bond acceptors (Lipinski definition) is 3. The van der Waals surface area contributed by atoms with Gasteiger partial charge in [0, 0.05) is 25.7 Å². The van der Waals surface area contributed by atoms with E-state index in [1.54, 1.807) is 0 Å². The Balaban J connectivity index is 1.70. The summed E-state index contributed by atoms with van der Waals surface area (Å²) in [4.78, 5) is 0. The van der Waals surface area contributed by atoms with Crippen molar-refractivity contribution in [2.24, 2.45) is 23.0 Å². The van der Waals surface area contributed by atoms with Crippen LogP contribution in [0.4, 0.5) is 0 Å². The summed E-state index contributed by atoms with van der Waals surface area (Å²) in [5, 5.41) is 0. The van der Waals surface area contributed by atoms with Gasteiger partial charge in [0.1, 0.15) is 0 Å². The Morgan fingerprint density at radius 3 is 2.63 bits per heavy atom. The quantitative estimate of drug-likeness (QED) is 0.794. The Kier molecular flexibility index (Phi) is 3.65. The third-order valence-corrected chi connectivity index (χ3v) is 5.70. The fraction of sp³-hybridized carbons (Fsp3) is 1.00. The number of nitrogens with two attached hydrogens (primary N) is 1. The van der Waals surface area contributed by atoms with Gasteiger partial charge in [-0.2, -0.15) is 0 Å². The molecule has 2 heterocycles. The molecule has 0 aromatic heterocycles. The van der Waals surface area contributed by atoms with E-state index in [2.05, 4.69) is 13.8 Å². The van der Waals surface area contributed by atoms with E-state index in [1.807, 2.05) is 0 Å². The largest absolute Gasteiger partial charge is 0.378 e. The maximum Gasteiger partial charge on any atom is 0.0939 e. The van der Waals surface area contributed by atoms with Gasteiger partial charge < -0.3 is 15.2 Å². The van der Waals surface area contributed by atoms with Crippen molar-refractivity contribution < 1.29 is 9.47 Å². The first-order chi connectivity index (χ1) is 9.00.